The molecule has 0 aliphatic rings. The lowest BCUT2D eigenvalue weighted by Crippen LogP contribution is -2.17. The summed E-state index contributed by atoms with van der Waals surface area (Å²) < 4.78 is 14.7. The highest BCUT2D eigenvalue weighted by atomic mass is 16.6. The molecule has 0 spiro atoms. The number of esters is 3. The molecule has 0 unspecified atom stereocenters. The van der Waals surface area contributed by atoms with E-state index in [1.54, 1.807) is 12.1 Å². The van der Waals surface area contributed by atoms with Gasteiger partial charge in [0.05, 0.1) is 17.7 Å². The summed E-state index contributed by atoms with van der Waals surface area (Å²) in [6.45, 7) is 4.63. The van der Waals surface area contributed by atoms with Crippen LogP contribution in [0.4, 0.5) is 0 Å². The van der Waals surface area contributed by atoms with Gasteiger partial charge in [0.15, 0.2) is 0 Å². The predicted octanol–water partition coefficient (Wildman–Crippen LogP) is 1.50. The van der Waals surface area contributed by atoms with E-state index in [2.05, 4.69) is 6.58 Å². The maximum Gasteiger partial charge on any atom is 0.339 e. The van der Waals surface area contributed by atoms with E-state index in [-0.39, 0.29) is 43.1 Å². The quantitative estimate of drug-likeness (QED) is 0.316. The second-order valence-electron chi connectivity index (χ2n) is 4.81. The van der Waals surface area contributed by atoms with Crippen molar-refractivity contribution in [1.29, 1.82) is 0 Å². The van der Waals surface area contributed by atoms with Gasteiger partial charge in [-0.3, -0.25) is 0 Å². The third kappa shape index (κ3) is 6.21. The van der Waals surface area contributed by atoms with Crippen LogP contribution in [-0.2, 0) is 19.0 Å². The Kier molecular flexibility index (Phi) is 8.21. The number of benzene rings is 1. The van der Waals surface area contributed by atoms with Crippen molar-refractivity contribution in [2.75, 3.05) is 26.4 Å². The molecule has 0 amide bonds. The molecule has 130 valence electrons. The number of aliphatic hydroxyl groups is 1. The lowest BCUT2D eigenvalue weighted by molar-refractivity contribution is -0.140. The Morgan fingerprint density at radius 2 is 1.46 bits per heavy atom. The SMILES string of the molecule is C=C(C)C(=O)OCCOC(=O)c1ccccc1C(=O)OCCCO. The first-order chi connectivity index (χ1) is 11.5. The molecule has 0 aliphatic carbocycles. The molecule has 7 nitrogen and oxygen atoms in total. The molecule has 0 aliphatic heterocycles. The molecule has 0 aromatic heterocycles. The summed E-state index contributed by atoms with van der Waals surface area (Å²) in [5.74, 6) is -1.97. The normalized spacial score (nSPS) is 9.92. The van der Waals surface area contributed by atoms with Gasteiger partial charge in [-0.15, -0.1) is 0 Å². The number of hydrogen-bond donors (Lipinski definition) is 1. The molecule has 0 heterocycles. The van der Waals surface area contributed by atoms with Crippen LogP contribution in [0.25, 0.3) is 0 Å². The molecular formula is C17H20O7. The van der Waals surface area contributed by atoms with Crippen LogP contribution < -0.4 is 0 Å². The average Bonchev–Trinajstić information content (AvgIpc) is 2.58. The Morgan fingerprint density at radius 3 is 1.96 bits per heavy atom. The van der Waals surface area contributed by atoms with E-state index >= 15 is 0 Å². The maximum absolute atomic E-state index is 12.1. The van der Waals surface area contributed by atoms with Gasteiger partial charge in [-0.25, -0.2) is 14.4 Å². The van der Waals surface area contributed by atoms with Crippen LogP contribution in [0.3, 0.4) is 0 Å². The topological polar surface area (TPSA) is 99.1 Å². The zero-order valence-corrected chi connectivity index (χ0v) is 13.4. The van der Waals surface area contributed by atoms with Crippen molar-refractivity contribution in [1.82, 2.24) is 0 Å². The molecule has 0 saturated carbocycles. The lowest BCUT2D eigenvalue weighted by atomic mass is 10.1. The number of carbonyl (C=O) groups excluding carboxylic acids is 3. The molecule has 0 fully saturated rings. The van der Waals surface area contributed by atoms with Gasteiger partial charge < -0.3 is 19.3 Å². The lowest BCUT2D eigenvalue weighted by Gasteiger charge is -2.10. The minimum Gasteiger partial charge on any atom is -0.462 e. The maximum atomic E-state index is 12.1. The highest BCUT2D eigenvalue weighted by molar-refractivity contribution is 6.03. The molecule has 24 heavy (non-hydrogen) atoms. The second kappa shape index (κ2) is 10.2. The van der Waals surface area contributed by atoms with E-state index in [1.165, 1.54) is 19.1 Å². The zero-order valence-electron chi connectivity index (χ0n) is 13.4. The fourth-order valence-electron chi connectivity index (χ4n) is 1.62. The number of carbonyl (C=O) groups is 3. The minimum absolute atomic E-state index is 0.0512. The van der Waals surface area contributed by atoms with E-state index in [0.717, 1.165) is 0 Å². The highest BCUT2D eigenvalue weighted by Crippen LogP contribution is 2.12. The molecule has 1 N–H and O–H groups in total. The van der Waals surface area contributed by atoms with E-state index in [4.69, 9.17) is 19.3 Å². The Hall–Kier alpha value is -2.67. The number of aliphatic hydroxyl groups excluding tert-OH is 1. The first kappa shape index (κ1) is 19.4. The van der Waals surface area contributed by atoms with Crippen LogP contribution >= 0.6 is 0 Å². The second-order valence-corrected chi connectivity index (χ2v) is 4.81. The van der Waals surface area contributed by atoms with Crippen LogP contribution in [0, 0.1) is 0 Å². The summed E-state index contributed by atoms with van der Waals surface area (Å²) in [5, 5.41) is 8.68. The summed E-state index contributed by atoms with van der Waals surface area (Å²) in [6.07, 6.45) is 0.312. The third-order valence-electron chi connectivity index (χ3n) is 2.80. The molecule has 1 aromatic carbocycles. The van der Waals surface area contributed by atoms with Gasteiger partial charge in [0, 0.05) is 18.6 Å². The number of rotatable bonds is 9. The van der Waals surface area contributed by atoms with E-state index in [1.807, 2.05) is 0 Å². The van der Waals surface area contributed by atoms with Gasteiger partial charge in [0.2, 0.25) is 0 Å². The van der Waals surface area contributed by atoms with Crippen LogP contribution in [0.15, 0.2) is 36.4 Å². The van der Waals surface area contributed by atoms with Crippen LogP contribution in [0.5, 0.6) is 0 Å². The Morgan fingerprint density at radius 1 is 0.958 bits per heavy atom. The third-order valence-corrected chi connectivity index (χ3v) is 2.80. The average molecular weight is 336 g/mol. The van der Waals surface area contributed by atoms with Gasteiger partial charge in [0.25, 0.3) is 0 Å². The Bertz CT molecular complexity index is 607. The van der Waals surface area contributed by atoms with Crippen molar-refractivity contribution in [3.8, 4) is 0 Å². The molecule has 0 radical (unpaired) electrons. The number of hydrogen-bond acceptors (Lipinski definition) is 7. The van der Waals surface area contributed by atoms with Crippen molar-refractivity contribution < 1.29 is 33.7 Å². The van der Waals surface area contributed by atoms with E-state index in [9.17, 15) is 14.4 Å². The summed E-state index contributed by atoms with van der Waals surface area (Å²) in [7, 11) is 0. The molecular weight excluding hydrogens is 316 g/mol. The molecule has 0 saturated heterocycles. The molecule has 1 aromatic rings. The van der Waals surface area contributed by atoms with Gasteiger partial charge in [-0.1, -0.05) is 18.7 Å². The van der Waals surface area contributed by atoms with E-state index < -0.39 is 17.9 Å². The van der Waals surface area contributed by atoms with Gasteiger partial charge in [-0.05, 0) is 19.1 Å². The van der Waals surface area contributed by atoms with E-state index in [0.29, 0.717) is 6.42 Å². The van der Waals surface area contributed by atoms with Crippen molar-refractivity contribution in [2.24, 2.45) is 0 Å². The Balaban J connectivity index is 2.59. The highest BCUT2D eigenvalue weighted by Gasteiger charge is 2.19. The molecule has 0 bridgehead atoms. The zero-order chi connectivity index (χ0) is 17.9. The molecule has 0 atom stereocenters. The fourth-order valence-corrected chi connectivity index (χ4v) is 1.62. The van der Waals surface area contributed by atoms with Crippen LogP contribution in [0.1, 0.15) is 34.1 Å². The van der Waals surface area contributed by atoms with Crippen molar-refractivity contribution in [3.63, 3.8) is 0 Å². The number of ether oxygens (including phenoxy) is 3. The fraction of sp³-hybridized carbons (Fsp3) is 0.353. The van der Waals surface area contributed by atoms with Gasteiger partial charge >= 0.3 is 17.9 Å². The summed E-state index contributed by atoms with van der Waals surface area (Å²) >= 11 is 0. The van der Waals surface area contributed by atoms with Crippen LogP contribution in [-0.4, -0.2) is 49.4 Å². The summed E-state index contributed by atoms with van der Waals surface area (Å²) in [4.78, 5) is 35.2. The largest absolute Gasteiger partial charge is 0.462 e. The van der Waals surface area contributed by atoms with Crippen molar-refractivity contribution in [2.45, 2.75) is 13.3 Å². The minimum atomic E-state index is -0.726. The van der Waals surface area contributed by atoms with Gasteiger partial charge in [0.1, 0.15) is 13.2 Å². The predicted molar refractivity (Wildman–Crippen MR) is 84.5 cm³/mol. The van der Waals surface area contributed by atoms with Crippen molar-refractivity contribution >= 4 is 17.9 Å². The van der Waals surface area contributed by atoms with Gasteiger partial charge in [-0.2, -0.15) is 0 Å². The summed E-state index contributed by atoms with van der Waals surface area (Å²) in [5.41, 5.74) is 0.370. The smallest absolute Gasteiger partial charge is 0.339 e. The first-order valence-corrected chi connectivity index (χ1v) is 7.34. The van der Waals surface area contributed by atoms with Crippen molar-refractivity contribution in [3.05, 3.63) is 47.5 Å². The monoisotopic (exact) mass is 336 g/mol. The molecule has 1 rings (SSSR count). The van der Waals surface area contributed by atoms with Crippen LogP contribution in [0.2, 0.25) is 0 Å². The Labute approximate surface area is 139 Å². The standard InChI is InChI=1S/C17H20O7/c1-12(2)15(19)23-10-11-24-17(21)14-7-4-3-6-13(14)16(20)22-9-5-8-18/h3-4,6-7,18H,1,5,8-11H2,2H3. The molecule has 7 heteroatoms. The first-order valence-electron chi connectivity index (χ1n) is 7.34. The summed E-state index contributed by atoms with van der Waals surface area (Å²) in [6, 6.07) is 6.06.